The number of nitrogens with one attached hydrogen (secondary N) is 1. The maximum Gasteiger partial charge on any atom is 0.211 e. The summed E-state index contributed by atoms with van der Waals surface area (Å²) in [5, 5.41) is 0. The topological polar surface area (TPSA) is 81.4 Å². The van der Waals surface area contributed by atoms with Crippen LogP contribution < -0.4 is 10.5 Å². The number of rotatable bonds is 9. The average Bonchev–Trinajstić information content (AvgIpc) is 2.16. The van der Waals surface area contributed by atoms with Crippen molar-refractivity contribution in [1.82, 2.24) is 4.72 Å². The molecular formula is C9H22N2O3S. The van der Waals surface area contributed by atoms with Crippen LogP contribution in [0.25, 0.3) is 0 Å². The highest BCUT2D eigenvalue weighted by Crippen LogP contribution is 1.97. The highest BCUT2D eigenvalue weighted by Gasteiger charge is 2.11. The molecule has 0 spiro atoms. The van der Waals surface area contributed by atoms with Crippen molar-refractivity contribution in [3.05, 3.63) is 0 Å². The van der Waals surface area contributed by atoms with E-state index in [0.29, 0.717) is 26.1 Å². The number of hydrogen-bond donors (Lipinski definition) is 2. The minimum Gasteiger partial charge on any atom is -0.384 e. The zero-order valence-electron chi connectivity index (χ0n) is 9.53. The molecule has 6 heteroatoms. The third-order valence-electron chi connectivity index (χ3n) is 1.97. The van der Waals surface area contributed by atoms with E-state index in [-0.39, 0.29) is 11.7 Å². The summed E-state index contributed by atoms with van der Waals surface area (Å²) in [7, 11) is -1.52. The molecule has 0 aromatic heterocycles. The molecule has 0 bridgehead atoms. The van der Waals surface area contributed by atoms with Gasteiger partial charge in [-0.1, -0.05) is 6.92 Å². The van der Waals surface area contributed by atoms with Gasteiger partial charge in [0, 0.05) is 20.3 Å². The molecule has 0 aliphatic heterocycles. The molecule has 0 aromatic carbocycles. The van der Waals surface area contributed by atoms with Crippen molar-refractivity contribution in [2.45, 2.75) is 19.8 Å². The van der Waals surface area contributed by atoms with Gasteiger partial charge in [0.25, 0.3) is 0 Å². The first-order chi connectivity index (χ1) is 7.02. The number of sulfonamides is 1. The quantitative estimate of drug-likeness (QED) is 0.551. The molecule has 0 saturated heterocycles. The summed E-state index contributed by atoms with van der Waals surface area (Å²) >= 11 is 0. The van der Waals surface area contributed by atoms with Gasteiger partial charge < -0.3 is 10.5 Å². The van der Waals surface area contributed by atoms with Crippen LogP contribution in [0.5, 0.6) is 0 Å². The van der Waals surface area contributed by atoms with E-state index in [1.165, 1.54) is 0 Å². The molecule has 1 atom stereocenters. The number of hydrogen-bond acceptors (Lipinski definition) is 4. The Labute approximate surface area is 92.4 Å². The van der Waals surface area contributed by atoms with E-state index in [9.17, 15) is 8.42 Å². The first-order valence-corrected chi connectivity index (χ1v) is 6.83. The predicted octanol–water partition coefficient (Wildman–Crippen LogP) is -0.0728. The number of methoxy groups -OCH3 is 1. The minimum atomic E-state index is -3.13. The molecule has 92 valence electrons. The SMILES string of the molecule is COCC(C)CNS(=O)(=O)CCCCN. The molecule has 0 amide bonds. The molecule has 0 fully saturated rings. The van der Waals surface area contributed by atoms with Gasteiger partial charge in [0.2, 0.25) is 10.0 Å². The molecule has 5 nitrogen and oxygen atoms in total. The Morgan fingerprint density at radius 1 is 1.40 bits per heavy atom. The average molecular weight is 238 g/mol. The van der Waals surface area contributed by atoms with E-state index in [1.807, 2.05) is 6.92 Å². The fourth-order valence-corrected chi connectivity index (χ4v) is 2.39. The predicted molar refractivity (Wildman–Crippen MR) is 61.1 cm³/mol. The Balaban J connectivity index is 3.73. The van der Waals surface area contributed by atoms with Gasteiger partial charge in [0.15, 0.2) is 0 Å². The van der Waals surface area contributed by atoms with Crippen molar-refractivity contribution in [3.63, 3.8) is 0 Å². The summed E-state index contributed by atoms with van der Waals surface area (Å²) in [5.74, 6) is 0.350. The van der Waals surface area contributed by atoms with Gasteiger partial charge in [-0.2, -0.15) is 0 Å². The Morgan fingerprint density at radius 2 is 2.07 bits per heavy atom. The van der Waals surface area contributed by atoms with Gasteiger partial charge >= 0.3 is 0 Å². The molecule has 0 aromatic rings. The molecule has 0 aliphatic carbocycles. The Morgan fingerprint density at radius 3 is 2.60 bits per heavy atom. The first kappa shape index (κ1) is 14.8. The summed E-state index contributed by atoms with van der Waals surface area (Å²) in [4.78, 5) is 0. The van der Waals surface area contributed by atoms with E-state index in [1.54, 1.807) is 7.11 Å². The van der Waals surface area contributed by atoms with Crippen molar-refractivity contribution in [2.24, 2.45) is 11.7 Å². The summed E-state index contributed by atoms with van der Waals surface area (Å²) in [6, 6.07) is 0. The Kier molecular flexibility index (Phi) is 7.95. The number of ether oxygens (including phenoxy) is 1. The van der Waals surface area contributed by atoms with Gasteiger partial charge in [-0.25, -0.2) is 13.1 Å². The molecule has 0 aliphatic rings. The van der Waals surface area contributed by atoms with Crippen LogP contribution in [-0.4, -0.2) is 41.0 Å². The highest BCUT2D eigenvalue weighted by molar-refractivity contribution is 7.89. The zero-order valence-corrected chi connectivity index (χ0v) is 10.3. The van der Waals surface area contributed by atoms with Crippen molar-refractivity contribution < 1.29 is 13.2 Å². The lowest BCUT2D eigenvalue weighted by Gasteiger charge is -2.11. The molecule has 0 rings (SSSR count). The Hall–Kier alpha value is -0.170. The molecule has 0 saturated carbocycles. The summed E-state index contributed by atoms with van der Waals surface area (Å²) in [5.41, 5.74) is 5.29. The molecule has 3 N–H and O–H groups in total. The van der Waals surface area contributed by atoms with Crippen LogP contribution in [-0.2, 0) is 14.8 Å². The molecule has 0 radical (unpaired) electrons. The second-order valence-electron chi connectivity index (χ2n) is 3.72. The smallest absolute Gasteiger partial charge is 0.211 e. The van der Waals surface area contributed by atoms with Gasteiger partial charge in [-0.15, -0.1) is 0 Å². The second kappa shape index (κ2) is 8.04. The van der Waals surface area contributed by atoms with Crippen LogP contribution in [0.3, 0.4) is 0 Å². The minimum absolute atomic E-state index is 0.157. The zero-order chi connectivity index (χ0) is 11.7. The van der Waals surface area contributed by atoms with Crippen LogP contribution in [0.15, 0.2) is 0 Å². The van der Waals surface area contributed by atoms with Crippen molar-refractivity contribution in [1.29, 1.82) is 0 Å². The fraction of sp³-hybridized carbons (Fsp3) is 1.00. The van der Waals surface area contributed by atoms with Crippen LogP contribution in [0, 0.1) is 5.92 Å². The van der Waals surface area contributed by atoms with Crippen LogP contribution in [0.4, 0.5) is 0 Å². The van der Waals surface area contributed by atoms with Crippen LogP contribution >= 0.6 is 0 Å². The lowest BCUT2D eigenvalue weighted by Crippen LogP contribution is -2.32. The third-order valence-corrected chi connectivity index (χ3v) is 3.40. The van der Waals surface area contributed by atoms with Gasteiger partial charge in [0.1, 0.15) is 0 Å². The molecule has 1 unspecified atom stereocenters. The lowest BCUT2D eigenvalue weighted by molar-refractivity contribution is 0.161. The molecular weight excluding hydrogens is 216 g/mol. The van der Waals surface area contributed by atoms with E-state index in [2.05, 4.69) is 4.72 Å². The first-order valence-electron chi connectivity index (χ1n) is 5.18. The maximum absolute atomic E-state index is 11.4. The highest BCUT2D eigenvalue weighted by atomic mass is 32.2. The summed E-state index contributed by atoms with van der Waals surface area (Å²) in [6.45, 7) is 3.46. The van der Waals surface area contributed by atoms with Gasteiger partial charge in [-0.05, 0) is 25.3 Å². The normalized spacial score (nSPS) is 14.1. The third kappa shape index (κ3) is 8.80. The van der Waals surface area contributed by atoms with E-state index >= 15 is 0 Å². The largest absolute Gasteiger partial charge is 0.384 e. The van der Waals surface area contributed by atoms with Crippen molar-refractivity contribution in [3.8, 4) is 0 Å². The van der Waals surface area contributed by atoms with E-state index in [0.717, 1.165) is 6.42 Å². The molecule has 0 heterocycles. The van der Waals surface area contributed by atoms with Crippen molar-refractivity contribution >= 4 is 10.0 Å². The van der Waals surface area contributed by atoms with E-state index < -0.39 is 10.0 Å². The van der Waals surface area contributed by atoms with Gasteiger partial charge in [-0.3, -0.25) is 0 Å². The summed E-state index contributed by atoms with van der Waals surface area (Å²) < 4.78 is 30.3. The number of unbranched alkanes of at least 4 members (excludes halogenated alkanes) is 1. The van der Waals surface area contributed by atoms with Gasteiger partial charge in [0.05, 0.1) is 5.75 Å². The van der Waals surface area contributed by atoms with Crippen LogP contribution in [0.1, 0.15) is 19.8 Å². The summed E-state index contributed by atoms with van der Waals surface area (Å²) in [6.07, 6.45) is 1.36. The second-order valence-corrected chi connectivity index (χ2v) is 5.65. The Bertz CT molecular complexity index is 242. The molecule has 15 heavy (non-hydrogen) atoms. The number of nitrogens with two attached hydrogens (primary N) is 1. The van der Waals surface area contributed by atoms with Crippen LogP contribution in [0.2, 0.25) is 0 Å². The van der Waals surface area contributed by atoms with Crippen molar-refractivity contribution in [2.75, 3.05) is 32.6 Å². The standard InChI is InChI=1S/C9H22N2O3S/c1-9(8-14-2)7-11-15(12,13)6-4-3-5-10/h9,11H,3-8,10H2,1-2H3. The lowest BCUT2D eigenvalue weighted by atomic mass is 10.2. The fourth-order valence-electron chi connectivity index (χ4n) is 1.12. The monoisotopic (exact) mass is 238 g/mol. The van der Waals surface area contributed by atoms with E-state index in [4.69, 9.17) is 10.5 Å². The maximum atomic E-state index is 11.4.